The van der Waals surface area contributed by atoms with Crippen LogP contribution < -0.4 is 5.32 Å². The summed E-state index contributed by atoms with van der Waals surface area (Å²) in [6.45, 7) is 11.1. The van der Waals surface area contributed by atoms with Gasteiger partial charge < -0.3 is 5.32 Å². The maximum Gasteiger partial charge on any atom is 0.113 e. The molecule has 0 amide bonds. The van der Waals surface area contributed by atoms with Crippen LogP contribution in [0, 0.1) is 19.8 Å². The Labute approximate surface area is 109 Å². The first-order valence-electron chi connectivity index (χ1n) is 6.65. The van der Waals surface area contributed by atoms with Crippen molar-refractivity contribution in [2.75, 3.05) is 0 Å². The smallest absolute Gasteiger partial charge is 0.113 e. The highest BCUT2D eigenvalue weighted by Gasteiger charge is 2.41. The molecule has 1 saturated carbocycles. The molecule has 0 spiro atoms. The fourth-order valence-electron chi connectivity index (χ4n) is 2.91. The minimum atomic E-state index is 0.150. The molecular weight excluding hydrogens is 228 g/mol. The second-order valence-electron chi connectivity index (χ2n) is 5.89. The third-order valence-corrected chi connectivity index (χ3v) is 5.04. The minimum Gasteiger partial charge on any atom is -0.303 e. The number of hydrogen-bond donors (Lipinski definition) is 1. The lowest BCUT2D eigenvalue weighted by Gasteiger charge is -2.31. The SMILES string of the molecule is Cc1nc(C2(NC(C)C)CCC(C)C2)sc1C. The molecule has 1 aromatic rings. The number of nitrogens with one attached hydrogen (secondary N) is 1. The quantitative estimate of drug-likeness (QED) is 0.885. The normalized spacial score (nSPS) is 29.2. The first-order valence-corrected chi connectivity index (χ1v) is 7.47. The van der Waals surface area contributed by atoms with Crippen LogP contribution in [0.1, 0.15) is 55.6 Å². The third-order valence-electron chi connectivity index (χ3n) is 3.76. The summed E-state index contributed by atoms with van der Waals surface area (Å²) in [7, 11) is 0. The van der Waals surface area contributed by atoms with Crippen molar-refractivity contribution >= 4 is 11.3 Å². The van der Waals surface area contributed by atoms with Crippen LogP contribution in [0.3, 0.4) is 0 Å². The van der Waals surface area contributed by atoms with Gasteiger partial charge >= 0.3 is 0 Å². The van der Waals surface area contributed by atoms with Crippen molar-refractivity contribution in [1.82, 2.24) is 10.3 Å². The first kappa shape index (κ1) is 13.0. The van der Waals surface area contributed by atoms with Gasteiger partial charge in [0.15, 0.2) is 0 Å². The predicted molar refractivity (Wildman–Crippen MR) is 74.6 cm³/mol. The van der Waals surface area contributed by atoms with Gasteiger partial charge in [0.25, 0.3) is 0 Å². The molecule has 2 rings (SSSR count). The summed E-state index contributed by atoms with van der Waals surface area (Å²) in [5, 5.41) is 5.10. The van der Waals surface area contributed by atoms with Gasteiger partial charge in [0.2, 0.25) is 0 Å². The average molecular weight is 252 g/mol. The van der Waals surface area contributed by atoms with Gasteiger partial charge in [-0.25, -0.2) is 4.98 Å². The van der Waals surface area contributed by atoms with Gasteiger partial charge in [-0.1, -0.05) is 6.92 Å². The van der Waals surface area contributed by atoms with Crippen LogP contribution in [-0.2, 0) is 5.54 Å². The summed E-state index contributed by atoms with van der Waals surface area (Å²) in [5.74, 6) is 0.811. The molecule has 1 fully saturated rings. The maximum atomic E-state index is 4.81. The van der Waals surface area contributed by atoms with E-state index < -0.39 is 0 Å². The third kappa shape index (κ3) is 2.55. The second-order valence-corrected chi connectivity index (χ2v) is 7.09. The zero-order chi connectivity index (χ0) is 12.6. The van der Waals surface area contributed by atoms with E-state index in [1.807, 2.05) is 11.3 Å². The van der Waals surface area contributed by atoms with Gasteiger partial charge in [-0.05, 0) is 52.9 Å². The average Bonchev–Trinajstić information content (AvgIpc) is 2.73. The molecule has 1 aliphatic carbocycles. The molecule has 3 heteroatoms. The highest BCUT2D eigenvalue weighted by atomic mass is 32.1. The van der Waals surface area contributed by atoms with E-state index in [4.69, 9.17) is 4.98 Å². The van der Waals surface area contributed by atoms with Crippen molar-refractivity contribution in [2.24, 2.45) is 5.92 Å². The lowest BCUT2D eigenvalue weighted by Crippen LogP contribution is -2.44. The van der Waals surface area contributed by atoms with Crippen molar-refractivity contribution < 1.29 is 0 Å². The zero-order valence-corrected chi connectivity index (χ0v) is 12.4. The Kier molecular flexibility index (Phi) is 3.60. The topological polar surface area (TPSA) is 24.9 Å². The summed E-state index contributed by atoms with van der Waals surface area (Å²) in [5.41, 5.74) is 1.35. The van der Waals surface area contributed by atoms with E-state index in [1.54, 1.807) is 0 Å². The molecule has 96 valence electrons. The highest BCUT2D eigenvalue weighted by molar-refractivity contribution is 7.11. The van der Waals surface area contributed by atoms with Crippen LogP contribution in [0.4, 0.5) is 0 Å². The summed E-state index contributed by atoms with van der Waals surface area (Å²) in [6.07, 6.45) is 3.79. The fraction of sp³-hybridized carbons (Fsp3) is 0.786. The Bertz CT molecular complexity index is 377. The van der Waals surface area contributed by atoms with Crippen molar-refractivity contribution in [3.8, 4) is 0 Å². The number of thiazole rings is 1. The maximum absolute atomic E-state index is 4.81. The molecule has 1 aliphatic rings. The molecule has 17 heavy (non-hydrogen) atoms. The van der Waals surface area contributed by atoms with Gasteiger partial charge in [-0.3, -0.25) is 0 Å². The molecule has 0 aromatic carbocycles. The van der Waals surface area contributed by atoms with Crippen molar-refractivity contribution in [1.29, 1.82) is 0 Å². The highest BCUT2D eigenvalue weighted by Crippen LogP contribution is 2.44. The van der Waals surface area contributed by atoms with Crippen LogP contribution in [0.25, 0.3) is 0 Å². The molecule has 0 saturated heterocycles. The molecule has 1 N–H and O–H groups in total. The fourth-order valence-corrected chi connectivity index (χ4v) is 4.01. The Morgan fingerprint density at radius 3 is 2.53 bits per heavy atom. The lowest BCUT2D eigenvalue weighted by molar-refractivity contribution is 0.302. The molecule has 0 aliphatic heterocycles. The van der Waals surface area contributed by atoms with Gasteiger partial charge in [-0.2, -0.15) is 0 Å². The Hall–Kier alpha value is -0.410. The van der Waals surface area contributed by atoms with Gasteiger partial charge in [0, 0.05) is 10.9 Å². The number of nitrogens with zero attached hydrogens (tertiary/aromatic N) is 1. The van der Waals surface area contributed by atoms with Gasteiger partial charge in [0.05, 0.1) is 11.2 Å². The van der Waals surface area contributed by atoms with Crippen LogP contribution in [0.15, 0.2) is 0 Å². The van der Waals surface area contributed by atoms with E-state index in [0.717, 1.165) is 5.92 Å². The predicted octanol–water partition coefficient (Wildman–Crippen LogP) is 3.77. The van der Waals surface area contributed by atoms with Crippen LogP contribution in [0.2, 0.25) is 0 Å². The van der Waals surface area contributed by atoms with E-state index in [9.17, 15) is 0 Å². The standard InChI is InChI=1S/C14H24N2S/c1-9(2)16-14(7-6-10(3)8-14)13-15-11(4)12(5)17-13/h9-10,16H,6-8H2,1-5H3. The minimum absolute atomic E-state index is 0.150. The Morgan fingerprint density at radius 1 is 1.41 bits per heavy atom. The van der Waals surface area contributed by atoms with Crippen molar-refractivity contribution in [3.05, 3.63) is 15.6 Å². The van der Waals surface area contributed by atoms with E-state index in [-0.39, 0.29) is 5.54 Å². The molecular formula is C14H24N2S. The largest absolute Gasteiger partial charge is 0.303 e. The zero-order valence-electron chi connectivity index (χ0n) is 11.6. The molecule has 2 unspecified atom stereocenters. The lowest BCUT2D eigenvalue weighted by atomic mass is 9.96. The molecule has 1 heterocycles. The molecule has 0 bridgehead atoms. The van der Waals surface area contributed by atoms with E-state index in [2.05, 4.69) is 39.9 Å². The first-order chi connectivity index (χ1) is 7.93. The number of aryl methyl sites for hydroxylation is 2. The number of aromatic nitrogens is 1. The van der Waals surface area contributed by atoms with Crippen molar-refractivity contribution in [2.45, 2.75) is 65.5 Å². The molecule has 2 nitrogen and oxygen atoms in total. The molecule has 2 atom stereocenters. The van der Waals surface area contributed by atoms with Gasteiger partial charge in [0.1, 0.15) is 5.01 Å². The van der Waals surface area contributed by atoms with Crippen LogP contribution in [-0.4, -0.2) is 11.0 Å². The van der Waals surface area contributed by atoms with Crippen LogP contribution >= 0.6 is 11.3 Å². The van der Waals surface area contributed by atoms with E-state index >= 15 is 0 Å². The molecule has 1 aromatic heterocycles. The summed E-state index contributed by atoms with van der Waals surface area (Å²) >= 11 is 1.88. The summed E-state index contributed by atoms with van der Waals surface area (Å²) in [4.78, 5) is 6.17. The number of rotatable bonds is 3. The summed E-state index contributed by atoms with van der Waals surface area (Å²) < 4.78 is 0. The Morgan fingerprint density at radius 2 is 2.12 bits per heavy atom. The van der Waals surface area contributed by atoms with Gasteiger partial charge in [-0.15, -0.1) is 11.3 Å². The molecule has 0 radical (unpaired) electrons. The summed E-state index contributed by atoms with van der Waals surface area (Å²) in [6, 6.07) is 0.518. The van der Waals surface area contributed by atoms with E-state index in [0.29, 0.717) is 6.04 Å². The Balaban J connectivity index is 2.33. The van der Waals surface area contributed by atoms with E-state index in [1.165, 1.54) is 34.8 Å². The van der Waals surface area contributed by atoms with Crippen LogP contribution in [0.5, 0.6) is 0 Å². The monoisotopic (exact) mass is 252 g/mol. The number of hydrogen-bond acceptors (Lipinski definition) is 3. The second kappa shape index (κ2) is 4.69. The van der Waals surface area contributed by atoms with Crippen molar-refractivity contribution in [3.63, 3.8) is 0 Å².